The molecule has 12 heteroatoms. The molecule has 4 atom stereocenters. The maximum atomic E-state index is 13.1. The first-order valence-electron chi connectivity index (χ1n) is 13.0. The molecule has 2 aromatic carbocycles. The molecule has 1 unspecified atom stereocenters. The average molecular weight is 573 g/mol. The van der Waals surface area contributed by atoms with Crippen LogP contribution in [0.15, 0.2) is 51.8 Å². The Kier molecular flexibility index (Phi) is 6.91. The second kappa shape index (κ2) is 10.4. The minimum absolute atomic E-state index is 0.172. The van der Waals surface area contributed by atoms with Crippen molar-refractivity contribution in [2.75, 3.05) is 7.11 Å². The van der Waals surface area contributed by atoms with Crippen molar-refractivity contribution >= 4 is 11.3 Å². The van der Waals surface area contributed by atoms with Gasteiger partial charge in [0.05, 0.1) is 34.8 Å². The number of nitrogens with two attached hydrogens (primary N) is 1. The zero-order valence-corrected chi connectivity index (χ0v) is 22.3. The van der Waals surface area contributed by atoms with E-state index < -0.39 is 17.5 Å². The monoisotopic (exact) mass is 572 g/mol. The molecule has 40 heavy (non-hydrogen) atoms. The van der Waals surface area contributed by atoms with Gasteiger partial charge in [0.1, 0.15) is 23.1 Å². The van der Waals surface area contributed by atoms with Crippen LogP contribution in [0.1, 0.15) is 47.9 Å². The lowest BCUT2D eigenvalue weighted by molar-refractivity contribution is -0.137. The van der Waals surface area contributed by atoms with Gasteiger partial charge in [-0.2, -0.15) is 13.2 Å². The number of thiazole rings is 1. The van der Waals surface area contributed by atoms with Crippen molar-refractivity contribution < 1.29 is 27.2 Å². The fraction of sp³-hybridized carbons (Fsp3) is 0.393. The third kappa shape index (κ3) is 5.13. The van der Waals surface area contributed by atoms with Crippen LogP contribution in [0.2, 0.25) is 0 Å². The van der Waals surface area contributed by atoms with Crippen molar-refractivity contribution in [3.8, 4) is 33.5 Å². The number of nitrogens with one attached hydrogen (secondary N) is 1. The van der Waals surface area contributed by atoms with Gasteiger partial charge in [-0.3, -0.25) is 9.51 Å². The van der Waals surface area contributed by atoms with E-state index >= 15 is 0 Å². The van der Waals surface area contributed by atoms with Gasteiger partial charge in [0, 0.05) is 11.6 Å². The van der Waals surface area contributed by atoms with Gasteiger partial charge in [-0.05, 0) is 61.3 Å². The van der Waals surface area contributed by atoms with Crippen LogP contribution in [0.25, 0.3) is 22.0 Å². The number of halogens is 3. The Morgan fingerprint density at radius 1 is 1.18 bits per heavy atom. The number of nitrogens with zero attached hydrogens (tertiary/aromatic N) is 2. The summed E-state index contributed by atoms with van der Waals surface area (Å²) in [5.74, 6) is 2.10. The predicted octanol–water partition coefficient (Wildman–Crippen LogP) is 6.20. The number of aromatic nitrogens is 3. The summed E-state index contributed by atoms with van der Waals surface area (Å²) in [5.41, 5.74) is 7.99. The molecule has 2 aliphatic rings. The molecule has 0 spiro atoms. The number of benzene rings is 2. The number of aromatic amines is 1. The molecule has 8 nitrogen and oxygen atoms in total. The minimum atomic E-state index is -4.41. The number of alkyl halides is 3. The van der Waals surface area contributed by atoms with E-state index in [4.69, 9.17) is 20.2 Å². The number of methoxy groups -OCH3 is 1. The molecule has 0 saturated heterocycles. The Morgan fingerprint density at radius 2 is 1.98 bits per heavy atom. The summed E-state index contributed by atoms with van der Waals surface area (Å²) < 4.78 is 55.5. The Morgan fingerprint density at radius 3 is 2.60 bits per heavy atom. The van der Waals surface area contributed by atoms with Crippen molar-refractivity contribution in [3.05, 3.63) is 69.1 Å². The second-order valence-electron chi connectivity index (χ2n) is 10.4. The number of fused-ring (bicyclic) bond motifs is 2. The molecule has 2 fully saturated rings. The largest absolute Gasteiger partial charge is 0.496 e. The number of hydrogen-bond donors (Lipinski definition) is 2. The highest BCUT2D eigenvalue weighted by Gasteiger charge is 2.43. The van der Waals surface area contributed by atoms with E-state index in [-0.39, 0.29) is 18.5 Å². The van der Waals surface area contributed by atoms with Gasteiger partial charge < -0.3 is 15.2 Å². The zero-order chi connectivity index (χ0) is 28.0. The second-order valence-corrected chi connectivity index (χ2v) is 11.4. The van der Waals surface area contributed by atoms with Crippen molar-refractivity contribution in [1.29, 1.82) is 0 Å². The average Bonchev–Trinajstić information content (AvgIpc) is 3.75. The minimum Gasteiger partial charge on any atom is -0.496 e. The summed E-state index contributed by atoms with van der Waals surface area (Å²) in [6, 6.07) is 9.83. The first-order chi connectivity index (χ1) is 19.2. The van der Waals surface area contributed by atoms with Crippen LogP contribution in [0.4, 0.5) is 13.2 Å². The van der Waals surface area contributed by atoms with Gasteiger partial charge in [0.15, 0.2) is 5.82 Å². The summed E-state index contributed by atoms with van der Waals surface area (Å²) in [4.78, 5) is 19.5. The molecular formula is C28H27F3N4O4S. The lowest BCUT2D eigenvalue weighted by atomic mass is 9.82. The first-order valence-corrected chi connectivity index (χ1v) is 13.8. The summed E-state index contributed by atoms with van der Waals surface area (Å²) >= 11 is 1.37. The van der Waals surface area contributed by atoms with Crippen LogP contribution in [0.3, 0.4) is 0 Å². The third-order valence-corrected chi connectivity index (χ3v) is 9.09. The number of rotatable bonds is 8. The van der Waals surface area contributed by atoms with Crippen molar-refractivity contribution in [1.82, 2.24) is 15.1 Å². The van der Waals surface area contributed by atoms with Gasteiger partial charge in [-0.1, -0.05) is 23.7 Å². The molecule has 0 radical (unpaired) electrons. The van der Waals surface area contributed by atoms with Crippen molar-refractivity contribution in [3.63, 3.8) is 0 Å². The maximum absolute atomic E-state index is 13.1. The fourth-order valence-corrected chi connectivity index (χ4v) is 7.08. The summed E-state index contributed by atoms with van der Waals surface area (Å²) in [6.45, 7) is 0.172. The maximum Gasteiger partial charge on any atom is 0.439 e. The van der Waals surface area contributed by atoms with Gasteiger partial charge in [-0.15, -0.1) is 11.3 Å². The molecule has 2 aromatic heterocycles. The Labute approximate surface area is 231 Å². The standard InChI is InChI=1S/C28H27F3N4O4S/c1-37-21-12-18(8-9-19(21)25-34-27(36)39-35-25)38-13-22-24(23(32)20-11-14-2-3-16(20)10-14)33-26(40-22)15-4-6-17(7-5-15)28(29,30)31/h4-9,12,14,16,20,23H,2-3,10-11,13,32H2,1H3,(H,34,35,36)/t14-,16+,20+,23?/m0/s1. The van der Waals surface area contributed by atoms with E-state index in [1.165, 1.54) is 49.8 Å². The van der Waals surface area contributed by atoms with E-state index in [0.29, 0.717) is 45.4 Å². The highest BCUT2D eigenvalue weighted by atomic mass is 32.1. The highest BCUT2D eigenvalue weighted by molar-refractivity contribution is 7.15. The summed E-state index contributed by atoms with van der Waals surface area (Å²) in [7, 11) is 1.49. The van der Waals surface area contributed by atoms with Crippen LogP contribution < -0.4 is 21.0 Å². The van der Waals surface area contributed by atoms with Gasteiger partial charge >= 0.3 is 11.9 Å². The van der Waals surface area contributed by atoms with Crippen LogP contribution in [0, 0.1) is 17.8 Å². The van der Waals surface area contributed by atoms with Crippen LogP contribution in [-0.2, 0) is 12.8 Å². The molecule has 6 rings (SSSR count). The van der Waals surface area contributed by atoms with Gasteiger partial charge in [0.2, 0.25) is 0 Å². The highest BCUT2D eigenvalue weighted by Crippen LogP contribution is 2.52. The normalized spacial score (nSPS) is 21.1. The number of ether oxygens (including phenoxy) is 2. The Bertz CT molecular complexity index is 1560. The SMILES string of the molecule is COc1cc(OCc2sc(-c3ccc(C(F)(F)F)cc3)nc2C(N)[C@@H]2C[C@H]3CC[C@@H]2C3)ccc1-c1noc(=O)[nH]1. The number of hydrogen-bond acceptors (Lipinski definition) is 8. The van der Waals surface area contributed by atoms with E-state index in [2.05, 4.69) is 14.7 Å². The molecule has 2 heterocycles. The quantitative estimate of drug-likeness (QED) is 0.258. The van der Waals surface area contributed by atoms with Crippen LogP contribution in [-0.4, -0.2) is 22.2 Å². The molecule has 4 aromatic rings. The van der Waals surface area contributed by atoms with Crippen molar-refractivity contribution in [2.24, 2.45) is 23.5 Å². The van der Waals surface area contributed by atoms with E-state index in [9.17, 15) is 18.0 Å². The topological polar surface area (TPSA) is 116 Å². The number of H-pyrrole nitrogens is 1. The third-order valence-electron chi connectivity index (χ3n) is 7.99. The van der Waals surface area contributed by atoms with E-state index in [1.807, 2.05) is 0 Å². The smallest absolute Gasteiger partial charge is 0.439 e. The van der Waals surface area contributed by atoms with Crippen LogP contribution >= 0.6 is 11.3 Å². The molecule has 0 amide bonds. The molecule has 2 bridgehead atoms. The lowest BCUT2D eigenvalue weighted by Crippen LogP contribution is -2.27. The lowest BCUT2D eigenvalue weighted by Gasteiger charge is -2.27. The van der Waals surface area contributed by atoms with Gasteiger partial charge in [-0.25, -0.2) is 9.78 Å². The zero-order valence-electron chi connectivity index (χ0n) is 21.5. The summed E-state index contributed by atoms with van der Waals surface area (Å²) in [6.07, 6.45) is 0.284. The molecule has 3 N–H and O–H groups in total. The molecule has 2 saturated carbocycles. The molecular weight excluding hydrogens is 545 g/mol. The molecule has 2 aliphatic carbocycles. The predicted molar refractivity (Wildman–Crippen MR) is 142 cm³/mol. The Balaban J connectivity index is 1.28. The van der Waals surface area contributed by atoms with Crippen molar-refractivity contribution in [2.45, 2.75) is 44.5 Å². The van der Waals surface area contributed by atoms with E-state index in [1.54, 1.807) is 18.2 Å². The molecule has 0 aliphatic heterocycles. The van der Waals surface area contributed by atoms with E-state index in [0.717, 1.165) is 29.1 Å². The first kappa shape index (κ1) is 26.6. The van der Waals surface area contributed by atoms with Crippen LogP contribution in [0.5, 0.6) is 11.5 Å². The van der Waals surface area contributed by atoms with Gasteiger partial charge in [0.25, 0.3) is 0 Å². The fourth-order valence-electron chi connectivity index (χ4n) is 6.04. The Hall–Kier alpha value is -3.64. The molecule has 210 valence electrons. The summed E-state index contributed by atoms with van der Waals surface area (Å²) in [5, 5.41) is 4.31.